The van der Waals surface area contributed by atoms with Crippen LogP contribution < -0.4 is 5.32 Å². The summed E-state index contributed by atoms with van der Waals surface area (Å²) in [4.78, 5) is 38.6. The number of anilines is 1. The van der Waals surface area contributed by atoms with Crippen LogP contribution >= 0.6 is 27.5 Å². The number of esters is 1. The molecule has 1 aromatic carbocycles. The van der Waals surface area contributed by atoms with Gasteiger partial charge in [-0.3, -0.25) is 14.4 Å². The molecule has 28 heavy (non-hydrogen) atoms. The molecule has 0 radical (unpaired) electrons. The molecule has 1 heterocycles. The minimum Gasteiger partial charge on any atom is -0.455 e. The number of nitrogens with one attached hydrogen (secondary N) is 1. The molecular weight excluding hydrogens is 448 g/mol. The van der Waals surface area contributed by atoms with Crippen LogP contribution in [0.1, 0.15) is 44.1 Å². The molecule has 6 nitrogen and oxygen atoms in total. The highest BCUT2D eigenvalue weighted by atomic mass is 79.9. The van der Waals surface area contributed by atoms with Gasteiger partial charge in [0.05, 0.1) is 10.9 Å². The van der Waals surface area contributed by atoms with Gasteiger partial charge in [0.2, 0.25) is 5.91 Å². The molecule has 0 spiro atoms. The van der Waals surface area contributed by atoms with E-state index in [1.165, 1.54) is 6.42 Å². The van der Waals surface area contributed by atoms with Crippen molar-refractivity contribution in [2.75, 3.05) is 18.5 Å². The summed E-state index contributed by atoms with van der Waals surface area (Å²) in [6.07, 6.45) is 5.64. The minimum atomic E-state index is -0.494. The number of hydrogen-bond acceptors (Lipinski definition) is 4. The third kappa shape index (κ3) is 5.06. The van der Waals surface area contributed by atoms with Gasteiger partial charge in [0.25, 0.3) is 5.91 Å². The van der Waals surface area contributed by atoms with Crippen molar-refractivity contribution in [3.05, 3.63) is 27.2 Å². The Kier molecular flexibility index (Phi) is 6.99. The summed E-state index contributed by atoms with van der Waals surface area (Å²) in [7, 11) is 0. The number of amides is 2. The summed E-state index contributed by atoms with van der Waals surface area (Å²) >= 11 is 9.38. The molecule has 1 aromatic rings. The van der Waals surface area contributed by atoms with E-state index < -0.39 is 17.8 Å². The number of aryl methyl sites for hydroxylation is 1. The van der Waals surface area contributed by atoms with Gasteiger partial charge in [0.15, 0.2) is 6.61 Å². The highest BCUT2D eigenvalue weighted by Crippen LogP contribution is 2.30. The van der Waals surface area contributed by atoms with Crippen LogP contribution in [0, 0.1) is 12.8 Å². The van der Waals surface area contributed by atoms with Crippen molar-refractivity contribution < 1.29 is 19.1 Å². The largest absolute Gasteiger partial charge is 0.455 e. The van der Waals surface area contributed by atoms with Crippen LogP contribution in [0.25, 0.3) is 0 Å². The molecule has 1 saturated heterocycles. The minimum absolute atomic E-state index is 0.0124. The molecule has 8 heteroatoms. The van der Waals surface area contributed by atoms with Gasteiger partial charge in [-0.25, -0.2) is 0 Å². The van der Waals surface area contributed by atoms with E-state index >= 15 is 0 Å². The SMILES string of the molecule is Cc1cc(Br)c(Cl)cc1NC(=O)COC(=O)[C@H]1CC(=O)N(C2CCCCC2)C1. The molecule has 0 unspecified atom stereocenters. The molecule has 1 N–H and O–H groups in total. The maximum absolute atomic E-state index is 12.3. The van der Waals surface area contributed by atoms with E-state index in [1.807, 2.05) is 11.8 Å². The Morgan fingerprint density at radius 3 is 2.71 bits per heavy atom. The van der Waals surface area contributed by atoms with Gasteiger partial charge in [-0.05, 0) is 53.4 Å². The molecule has 1 saturated carbocycles. The molecule has 1 aliphatic carbocycles. The van der Waals surface area contributed by atoms with Gasteiger partial charge in [0.1, 0.15) is 0 Å². The monoisotopic (exact) mass is 470 g/mol. The summed E-state index contributed by atoms with van der Waals surface area (Å²) < 4.78 is 5.91. The zero-order chi connectivity index (χ0) is 20.3. The number of ether oxygens (including phenoxy) is 1. The van der Waals surface area contributed by atoms with Crippen molar-refractivity contribution in [1.29, 1.82) is 0 Å². The van der Waals surface area contributed by atoms with E-state index in [-0.39, 0.29) is 25.0 Å². The maximum atomic E-state index is 12.3. The van der Waals surface area contributed by atoms with Crippen molar-refractivity contribution in [2.24, 2.45) is 5.92 Å². The lowest BCUT2D eigenvalue weighted by atomic mass is 9.94. The first-order valence-electron chi connectivity index (χ1n) is 9.56. The van der Waals surface area contributed by atoms with E-state index in [1.54, 1.807) is 12.1 Å². The number of benzene rings is 1. The summed E-state index contributed by atoms with van der Waals surface area (Å²) in [5, 5.41) is 3.17. The second-order valence-electron chi connectivity index (χ2n) is 7.48. The van der Waals surface area contributed by atoms with Gasteiger partial charge in [-0.1, -0.05) is 30.9 Å². The highest BCUT2D eigenvalue weighted by Gasteiger charge is 2.39. The average Bonchev–Trinajstić information content (AvgIpc) is 3.06. The van der Waals surface area contributed by atoms with Crippen molar-refractivity contribution >= 4 is 51.0 Å². The zero-order valence-electron chi connectivity index (χ0n) is 15.8. The predicted octanol–water partition coefficient (Wildman–Crippen LogP) is 4.07. The van der Waals surface area contributed by atoms with Crippen LogP contribution in [0.15, 0.2) is 16.6 Å². The quantitative estimate of drug-likeness (QED) is 0.657. The lowest BCUT2D eigenvalue weighted by Gasteiger charge is -2.31. The second-order valence-corrected chi connectivity index (χ2v) is 8.74. The number of likely N-dealkylation sites (tertiary alicyclic amines) is 1. The molecule has 2 aliphatic rings. The Morgan fingerprint density at radius 1 is 1.29 bits per heavy atom. The van der Waals surface area contributed by atoms with Crippen molar-refractivity contribution in [3.63, 3.8) is 0 Å². The maximum Gasteiger partial charge on any atom is 0.311 e. The number of nitrogens with zero attached hydrogens (tertiary/aromatic N) is 1. The lowest BCUT2D eigenvalue weighted by molar-refractivity contribution is -0.151. The van der Waals surface area contributed by atoms with E-state index in [9.17, 15) is 14.4 Å². The Hall–Kier alpha value is -1.60. The smallest absolute Gasteiger partial charge is 0.311 e. The van der Waals surface area contributed by atoms with E-state index in [4.69, 9.17) is 16.3 Å². The topological polar surface area (TPSA) is 75.7 Å². The molecular formula is C20H24BrClN2O4. The molecule has 2 fully saturated rings. The molecule has 152 valence electrons. The number of halogens is 2. The fourth-order valence-electron chi connectivity index (χ4n) is 3.86. The standard InChI is InChI=1S/C20H24BrClN2O4/c1-12-7-15(21)16(22)9-17(12)23-18(25)11-28-20(27)13-8-19(26)24(10-13)14-5-3-2-4-6-14/h7,9,13-14H,2-6,8,10-11H2,1H3,(H,23,25)/t13-/m0/s1. The first-order chi connectivity index (χ1) is 13.3. The fourth-order valence-corrected chi connectivity index (χ4v) is 4.48. The highest BCUT2D eigenvalue weighted by molar-refractivity contribution is 9.10. The first kappa shape index (κ1) is 21.1. The lowest BCUT2D eigenvalue weighted by Crippen LogP contribution is -2.38. The van der Waals surface area contributed by atoms with Crippen LogP contribution in [-0.2, 0) is 19.1 Å². The van der Waals surface area contributed by atoms with Crippen LogP contribution in [0.3, 0.4) is 0 Å². The summed E-state index contributed by atoms with van der Waals surface area (Å²) in [5.74, 6) is -1.42. The van der Waals surface area contributed by atoms with E-state index in [2.05, 4.69) is 21.2 Å². The molecule has 1 atom stereocenters. The molecule has 3 rings (SSSR count). The van der Waals surface area contributed by atoms with Crippen LogP contribution in [0.2, 0.25) is 5.02 Å². The third-order valence-electron chi connectivity index (χ3n) is 5.39. The number of carbonyl (C=O) groups is 3. The number of rotatable bonds is 5. The van der Waals surface area contributed by atoms with Gasteiger partial charge in [-0.2, -0.15) is 0 Å². The predicted molar refractivity (Wildman–Crippen MR) is 110 cm³/mol. The normalized spacial score (nSPS) is 20.3. The van der Waals surface area contributed by atoms with Crippen LogP contribution in [0.4, 0.5) is 5.69 Å². The van der Waals surface area contributed by atoms with Gasteiger partial charge in [-0.15, -0.1) is 0 Å². The van der Waals surface area contributed by atoms with Crippen molar-refractivity contribution in [2.45, 2.75) is 51.5 Å². The van der Waals surface area contributed by atoms with Gasteiger partial charge >= 0.3 is 5.97 Å². The summed E-state index contributed by atoms with van der Waals surface area (Å²) in [5.41, 5.74) is 1.40. The Bertz CT molecular complexity index is 780. The first-order valence-corrected chi connectivity index (χ1v) is 10.7. The van der Waals surface area contributed by atoms with Crippen molar-refractivity contribution in [3.8, 4) is 0 Å². The number of carbonyl (C=O) groups excluding carboxylic acids is 3. The zero-order valence-corrected chi connectivity index (χ0v) is 18.1. The van der Waals surface area contributed by atoms with Crippen molar-refractivity contribution in [1.82, 2.24) is 4.90 Å². The van der Waals surface area contributed by atoms with Gasteiger partial charge < -0.3 is 15.0 Å². The van der Waals surface area contributed by atoms with Crippen LogP contribution in [0.5, 0.6) is 0 Å². The Balaban J connectivity index is 1.49. The Labute approximate surface area is 178 Å². The second kappa shape index (κ2) is 9.27. The molecule has 2 amide bonds. The average molecular weight is 472 g/mol. The third-order valence-corrected chi connectivity index (χ3v) is 6.59. The van der Waals surface area contributed by atoms with E-state index in [0.29, 0.717) is 17.3 Å². The van der Waals surface area contributed by atoms with E-state index in [0.717, 1.165) is 35.7 Å². The molecule has 1 aliphatic heterocycles. The molecule has 0 aromatic heterocycles. The fraction of sp³-hybridized carbons (Fsp3) is 0.550. The van der Waals surface area contributed by atoms with Crippen LogP contribution in [-0.4, -0.2) is 41.9 Å². The van der Waals surface area contributed by atoms with Gasteiger partial charge in [0, 0.05) is 29.2 Å². The summed E-state index contributed by atoms with van der Waals surface area (Å²) in [6, 6.07) is 3.68. The Morgan fingerprint density at radius 2 is 2.00 bits per heavy atom. The summed E-state index contributed by atoms with van der Waals surface area (Å²) in [6.45, 7) is 1.85. The number of hydrogen-bond donors (Lipinski definition) is 1. The molecule has 0 bridgehead atoms.